The van der Waals surface area contributed by atoms with E-state index in [1.807, 2.05) is 30.3 Å². The second kappa shape index (κ2) is 3.03. The molecule has 2 nitrogen and oxygen atoms in total. The van der Waals surface area contributed by atoms with Gasteiger partial charge in [0.1, 0.15) is 0 Å². The highest BCUT2D eigenvalue weighted by Gasteiger charge is 2.17. The van der Waals surface area contributed by atoms with E-state index < -0.39 is 5.54 Å². The smallest absolute Gasteiger partial charge is 0.0534 e. The summed E-state index contributed by atoms with van der Waals surface area (Å²) >= 11 is 0. The van der Waals surface area contributed by atoms with Gasteiger partial charge in [-0.15, -0.1) is 0 Å². The Morgan fingerprint density at radius 1 is 1.27 bits per heavy atom. The van der Waals surface area contributed by atoms with Gasteiger partial charge in [0.15, 0.2) is 0 Å². The van der Waals surface area contributed by atoms with E-state index in [9.17, 15) is 0 Å². The molecule has 0 spiro atoms. The summed E-state index contributed by atoms with van der Waals surface area (Å²) in [6.07, 6.45) is 0. The maximum absolute atomic E-state index is 5.80. The number of rotatable bonds is 2. The van der Waals surface area contributed by atoms with E-state index in [0.29, 0.717) is 6.54 Å². The van der Waals surface area contributed by atoms with E-state index in [-0.39, 0.29) is 0 Å². The van der Waals surface area contributed by atoms with Crippen molar-refractivity contribution in [2.75, 3.05) is 6.54 Å². The van der Waals surface area contributed by atoms with Crippen LogP contribution in [0.15, 0.2) is 30.3 Å². The van der Waals surface area contributed by atoms with Gasteiger partial charge in [0, 0.05) is 6.54 Å². The molecule has 1 rings (SSSR count). The first kappa shape index (κ1) is 8.24. The molecule has 0 aliphatic rings. The van der Waals surface area contributed by atoms with E-state index in [1.165, 1.54) is 0 Å². The zero-order valence-electron chi connectivity index (χ0n) is 6.46. The van der Waals surface area contributed by atoms with E-state index in [0.717, 1.165) is 5.56 Å². The molecule has 0 fully saturated rings. The Bertz CT molecular complexity index is 216. The largest absolute Gasteiger partial charge is 0.328 e. The van der Waals surface area contributed by atoms with Crippen LogP contribution < -0.4 is 11.5 Å². The van der Waals surface area contributed by atoms with Crippen LogP contribution >= 0.6 is 0 Å². The minimum atomic E-state index is -0.638. The highest BCUT2D eigenvalue weighted by Crippen LogP contribution is 2.14. The molecule has 4 N–H and O–H groups in total. The van der Waals surface area contributed by atoms with Crippen LogP contribution in [0.1, 0.15) is 5.56 Å². The van der Waals surface area contributed by atoms with Crippen LogP contribution in [0.25, 0.3) is 0 Å². The zero-order valence-corrected chi connectivity index (χ0v) is 6.46. The molecule has 1 atom stereocenters. The molecule has 0 amide bonds. The molecule has 0 aromatic heterocycles. The van der Waals surface area contributed by atoms with Gasteiger partial charge in [0.2, 0.25) is 0 Å². The quantitative estimate of drug-likeness (QED) is 0.648. The standard InChI is InChI=1S/C9H13N2/c1-9(11,7-10)8-5-3-2-4-6-8/h2-6H,1,7,10-11H2. The van der Waals surface area contributed by atoms with Crippen LogP contribution in [-0.2, 0) is 5.54 Å². The summed E-state index contributed by atoms with van der Waals surface area (Å²) in [4.78, 5) is 0. The summed E-state index contributed by atoms with van der Waals surface area (Å²) < 4.78 is 0. The molecule has 1 aromatic rings. The highest BCUT2D eigenvalue weighted by atomic mass is 14.8. The lowest BCUT2D eigenvalue weighted by atomic mass is 9.94. The minimum absolute atomic E-state index is 0.358. The fourth-order valence-electron chi connectivity index (χ4n) is 0.888. The molecule has 2 heteroatoms. The first-order valence-electron chi connectivity index (χ1n) is 3.56. The molecule has 59 valence electrons. The van der Waals surface area contributed by atoms with Crippen LogP contribution in [-0.4, -0.2) is 6.54 Å². The van der Waals surface area contributed by atoms with Gasteiger partial charge < -0.3 is 11.5 Å². The second-order valence-corrected chi connectivity index (χ2v) is 2.73. The summed E-state index contributed by atoms with van der Waals surface area (Å²) in [5.41, 5.74) is 11.6. The van der Waals surface area contributed by atoms with E-state index >= 15 is 0 Å². The van der Waals surface area contributed by atoms with Gasteiger partial charge in [-0.3, -0.25) is 0 Å². The molecule has 0 saturated carbocycles. The van der Waals surface area contributed by atoms with Gasteiger partial charge in [-0.05, 0) is 12.5 Å². The molecule has 0 saturated heterocycles. The molecular formula is C9H13N2. The van der Waals surface area contributed by atoms with Crippen molar-refractivity contribution in [2.45, 2.75) is 5.54 Å². The van der Waals surface area contributed by atoms with Crippen molar-refractivity contribution >= 4 is 0 Å². The van der Waals surface area contributed by atoms with Gasteiger partial charge in [0.05, 0.1) is 5.54 Å². The SMILES string of the molecule is [CH2]C(N)(CN)c1ccccc1. The van der Waals surface area contributed by atoms with Crippen molar-refractivity contribution in [1.82, 2.24) is 0 Å². The summed E-state index contributed by atoms with van der Waals surface area (Å²) in [5, 5.41) is 0. The first-order chi connectivity index (χ1) is 5.17. The summed E-state index contributed by atoms with van der Waals surface area (Å²) in [7, 11) is 0. The van der Waals surface area contributed by atoms with Crippen molar-refractivity contribution < 1.29 is 0 Å². The lowest BCUT2D eigenvalue weighted by Crippen LogP contribution is -2.41. The Labute approximate surface area is 67.2 Å². The average molecular weight is 149 g/mol. The van der Waals surface area contributed by atoms with E-state index in [2.05, 4.69) is 6.92 Å². The maximum atomic E-state index is 5.80. The van der Waals surface area contributed by atoms with E-state index in [1.54, 1.807) is 0 Å². The van der Waals surface area contributed by atoms with Gasteiger partial charge in [-0.25, -0.2) is 0 Å². The van der Waals surface area contributed by atoms with E-state index in [4.69, 9.17) is 11.5 Å². The topological polar surface area (TPSA) is 52.0 Å². The van der Waals surface area contributed by atoms with Crippen LogP contribution in [0.3, 0.4) is 0 Å². The predicted octanol–water partition coefficient (Wildman–Crippen LogP) is 0.633. The third-order valence-corrected chi connectivity index (χ3v) is 1.71. The third-order valence-electron chi connectivity index (χ3n) is 1.71. The van der Waals surface area contributed by atoms with Crippen LogP contribution in [0.4, 0.5) is 0 Å². The lowest BCUT2D eigenvalue weighted by molar-refractivity contribution is 0.570. The number of hydrogen-bond acceptors (Lipinski definition) is 2. The van der Waals surface area contributed by atoms with Crippen molar-refractivity contribution in [3.63, 3.8) is 0 Å². The van der Waals surface area contributed by atoms with Crippen LogP contribution in [0, 0.1) is 6.92 Å². The minimum Gasteiger partial charge on any atom is -0.328 e. The Kier molecular flexibility index (Phi) is 2.27. The number of hydrogen-bond donors (Lipinski definition) is 2. The molecule has 1 radical (unpaired) electrons. The summed E-state index contributed by atoms with van der Waals surface area (Å²) in [5.74, 6) is 0. The summed E-state index contributed by atoms with van der Waals surface area (Å²) in [6.45, 7) is 4.17. The van der Waals surface area contributed by atoms with Crippen molar-refractivity contribution in [1.29, 1.82) is 0 Å². The predicted molar refractivity (Wildman–Crippen MR) is 46.7 cm³/mol. The van der Waals surface area contributed by atoms with Gasteiger partial charge >= 0.3 is 0 Å². The molecule has 0 heterocycles. The average Bonchev–Trinajstić information content (AvgIpc) is 2.06. The Balaban J connectivity index is 2.93. The van der Waals surface area contributed by atoms with Gasteiger partial charge in [-0.1, -0.05) is 30.3 Å². The normalized spacial score (nSPS) is 15.9. The van der Waals surface area contributed by atoms with Gasteiger partial charge in [-0.2, -0.15) is 0 Å². The van der Waals surface area contributed by atoms with Crippen molar-refractivity contribution in [2.24, 2.45) is 11.5 Å². The maximum Gasteiger partial charge on any atom is 0.0534 e. The molecule has 0 aliphatic carbocycles. The van der Waals surface area contributed by atoms with Crippen LogP contribution in [0.2, 0.25) is 0 Å². The zero-order chi connectivity index (χ0) is 8.32. The van der Waals surface area contributed by atoms with Crippen molar-refractivity contribution in [3.8, 4) is 0 Å². The monoisotopic (exact) mass is 149 g/mol. The fraction of sp³-hybridized carbons (Fsp3) is 0.222. The van der Waals surface area contributed by atoms with Gasteiger partial charge in [0.25, 0.3) is 0 Å². The molecule has 0 aliphatic heterocycles. The molecule has 1 unspecified atom stereocenters. The molecule has 0 bridgehead atoms. The first-order valence-corrected chi connectivity index (χ1v) is 3.56. The molecular weight excluding hydrogens is 136 g/mol. The Morgan fingerprint density at radius 2 is 1.82 bits per heavy atom. The molecule has 11 heavy (non-hydrogen) atoms. The van der Waals surface area contributed by atoms with Crippen molar-refractivity contribution in [3.05, 3.63) is 42.8 Å². The lowest BCUT2D eigenvalue weighted by Gasteiger charge is -2.22. The number of benzene rings is 1. The second-order valence-electron chi connectivity index (χ2n) is 2.73. The summed E-state index contributed by atoms with van der Waals surface area (Å²) in [6, 6.07) is 9.66. The Hall–Kier alpha value is -0.860. The Morgan fingerprint density at radius 3 is 2.27 bits per heavy atom. The fourth-order valence-corrected chi connectivity index (χ4v) is 0.888. The third kappa shape index (κ3) is 1.79. The highest BCUT2D eigenvalue weighted by molar-refractivity contribution is 5.25. The van der Waals surface area contributed by atoms with Crippen LogP contribution in [0.5, 0.6) is 0 Å². The molecule has 1 aromatic carbocycles. The number of nitrogens with two attached hydrogens (primary N) is 2.